The average molecular weight is 413 g/mol. The number of nitrogens with zero attached hydrogens (tertiary/aromatic N) is 1. The third kappa shape index (κ3) is 3.87. The highest BCUT2D eigenvalue weighted by Gasteiger charge is 2.46. The molecule has 0 spiro atoms. The van der Waals surface area contributed by atoms with Crippen molar-refractivity contribution in [3.05, 3.63) is 57.9 Å². The monoisotopic (exact) mass is 412 g/mol. The van der Waals surface area contributed by atoms with E-state index in [-0.39, 0.29) is 28.9 Å². The Labute approximate surface area is 178 Å². The highest BCUT2D eigenvalue weighted by atomic mass is 35.5. The summed E-state index contributed by atoms with van der Waals surface area (Å²) in [4.78, 5) is 28.8. The zero-order chi connectivity index (χ0) is 20.8. The number of benzene rings is 1. The number of hydrogen-bond acceptors (Lipinski definition) is 3. The van der Waals surface area contributed by atoms with Crippen LogP contribution in [0.4, 0.5) is 0 Å². The van der Waals surface area contributed by atoms with Gasteiger partial charge in [-0.25, -0.2) is 0 Å². The van der Waals surface area contributed by atoms with Gasteiger partial charge in [-0.15, -0.1) is 0 Å². The van der Waals surface area contributed by atoms with Gasteiger partial charge >= 0.3 is 0 Å². The number of ketones is 1. The number of fused-ring (bicyclic) bond motifs is 1. The summed E-state index contributed by atoms with van der Waals surface area (Å²) in [5.74, 6) is -0.378. The normalized spacial score (nSPS) is 26.6. The lowest BCUT2D eigenvalue weighted by Gasteiger charge is -2.43. The largest absolute Gasteiger partial charge is 0.362 e. The maximum absolute atomic E-state index is 13.6. The molecule has 0 radical (unpaired) electrons. The minimum Gasteiger partial charge on any atom is -0.362 e. The maximum atomic E-state index is 13.6. The molecule has 1 amide bonds. The fourth-order valence-corrected chi connectivity index (χ4v) is 5.17. The third-order valence-corrected chi connectivity index (χ3v) is 6.59. The molecular formula is C24H29ClN2O2. The van der Waals surface area contributed by atoms with Gasteiger partial charge < -0.3 is 10.2 Å². The number of hydrogen-bond donors (Lipinski definition) is 1. The number of amides is 1. The Balaban J connectivity index is 1.83. The van der Waals surface area contributed by atoms with Crippen LogP contribution in [0.2, 0.25) is 5.02 Å². The van der Waals surface area contributed by atoms with Crippen molar-refractivity contribution in [1.82, 2.24) is 10.2 Å². The molecule has 154 valence electrons. The third-order valence-electron chi connectivity index (χ3n) is 6.34. The SMILES string of the molecule is CC1=C(C(=O)N2CCCCC2)C(c2ccc(Cl)cc2)C2C(=O)CC(C)(C)C=C2N1. The summed E-state index contributed by atoms with van der Waals surface area (Å²) in [5, 5.41) is 4.08. The van der Waals surface area contributed by atoms with Gasteiger partial charge in [0.1, 0.15) is 5.78 Å². The van der Waals surface area contributed by atoms with E-state index in [1.165, 1.54) is 6.42 Å². The summed E-state index contributed by atoms with van der Waals surface area (Å²) < 4.78 is 0. The predicted molar refractivity (Wildman–Crippen MR) is 115 cm³/mol. The second-order valence-corrected chi connectivity index (χ2v) is 9.69. The van der Waals surface area contributed by atoms with E-state index >= 15 is 0 Å². The summed E-state index contributed by atoms with van der Waals surface area (Å²) >= 11 is 6.13. The number of nitrogens with one attached hydrogen (secondary N) is 1. The molecule has 0 saturated carbocycles. The first-order valence-electron chi connectivity index (χ1n) is 10.5. The van der Waals surface area contributed by atoms with Crippen LogP contribution in [0.3, 0.4) is 0 Å². The lowest BCUT2D eigenvalue weighted by molar-refractivity contribution is -0.129. The van der Waals surface area contributed by atoms with E-state index in [2.05, 4.69) is 25.2 Å². The first-order valence-corrected chi connectivity index (χ1v) is 10.9. The van der Waals surface area contributed by atoms with Crippen LogP contribution in [0, 0.1) is 11.3 Å². The molecule has 1 aromatic carbocycles. The van der Waals surface area contributed by atoms with Gasteiger partial charge in [0.05, 0.1) is 5.92 Å². The van der Waals surface area contributed by atoms with Gasteiger partial charge in [-0.05, 0) is 49.3 Å². The van der Waals surface area contributed by atoms with Crippen LogP contribution in [-0.2, 0) is 9.59 Å². The molecule has 4 rings (SSSR count). The molecule has 1 aromatic rings. The van der Waals surface area contributed by atoms with Crippen LogP contribution < -0.4 is 5.32 Å². The molecule has 1 fully saturated rings. The molecule has 2 heterocycles. The first-order chi connectivity index (χ1) is 13.8. The predicted octanol–water partition coefficient (Wildman–Crippen LogP) is 4.81. The molecule has 1 saturated heterocycles. The first kappa shape index (κ1) is 20.2. The molecular weight excluding hydrogens is 384 g/mol. The van der Waals surface area contributed by atoms with E-state index < -0.39 is 0 Å². The zero-order valence-electron chi connectivity index (χ0n) is 17.4. The second kappa shape index (κ2) is 7.64. The van der Waals surface area contributed by atoms with Crippen LogP contribution in [-0.4, -0.2) is 29.7 Å². The number of carbonyl (C=O) groups excluding carboxylic acids is 2. The molecule has 5 heteroatoms. The van der Waals surface area contributed by atoms with Gasteiger partial charge in [0.2, 0.25) is 0 Å². The molecule has 4 nitrogen and oxygen atoms in total. The molecule has 2 aliphatic heterocycles. The number of halogens is 1. The fourth-order valence-electron chi connectivity index (χ4n) is 5.05. The Hall–Kier alpha value is -2.07. The summed E-state index contributed by atoms with van der Waals surface area (Å²) in [6.45, 7) is 7.71. The quantitative estimate of drug-likeness (QED) is 0.758. The van der Waals surface area contributed by atoms with Gasteiger partial charge in [-0.2, -0.15) is 0 Å². The van der Waals surface area contributed by atoms with E-state index in [1.807, 2.05) is 36.1 Å². The minimum atomic E-state index is -0.350. The molecule has 0 bridgehead atoms. The number of allylic oxidation sites excluding steroid dienone is 3. The van der Waals surface area contributed by atoms with Crippen molar-refractivity contribution in [2.24, 2.45) is 11.3 Å². The van der Waals surface area contributed by atoms with E-state index in [4.69, 9.17) is 11.6 Å². The summed E-state index contributed by atoms with van der Waals surface area (Å²) in [6, 6.07) is 7.61. The second-order valence-electron chi connectivity index (χ2n) is 9.25. The van der Waals surface area contributed by atoms with Crippen LogP contribution in [0.5, 0.6) is 0 Å². The summed E-state index contributed by atoms with van der Waals surface area (Å²) in [5.41, 5.74) is 3.30. The van der Waals surface area contributed by atoms with Crippen LogP contribution in [0.1, 0.15) is 57.9 Å². The van der Waals surface area contributed by atoms with Crippen molar-refractivity contribution < 1.29 is 9.59 Å². The molecule has 2 unspecified atom stereocenters. The zero-order valence-corrected chi connectivity index (χ0v) is 18.2. The van der Waals surface area contributed by atoms with E-state index in [0.717, 1.165) is 48.5 Å². The van der Waals surface area contributed by atoms with Crippen molar-refractivity contribution in [1.29, 1.82) is 0 Å². The number of likely N-dealkylation sites (tertiary alicyclic amines) is 1. The molecule has 3 aliphatic rings. The minimum absolute atomic E-state index is 0.0614. The van der Waals surface area contributed by atoms with Gasteiger partial charge in [-0.1, -0.05) is 43.7 Å². The van der Waals surface area contributed by atoms with Gasteiger partial charge in [-0.3, -0.25) is 9.59 Å². The van der Waals surface area contributed by atoms with E-state index in [1.54, 1.807) is 0 Å². The Kier molecular flexibility index (Phi) is 5.32. The van der Waals surface area contributed by atoms with E-state index in [9.17, 15) is 9.59 Å². The van der Waals surface area contributed by atoms with Crippen molar-refractivity contribution >= 4 is 23.3 Å². The van der Waals surface area contributed by atoms with Crippen molar-refractivity contribution in [2.75, 3.05) is 13.1 Å². The smallest absolute Gasteiger partial charge is 0.252 e. The molecule has 29 heavy (non-hydrogen) atoms. The van der Waals surface area contributed by atoms with Gasteiger partial charge in [0, 0.05) is 47.4 Å². The van der Waals surface area contributed by atoms with Crippen LogP contribution >= 0.6 is 11.6 Å². The summed E-state index contributed by atoms with van der Waals surface area (Å²) in [6.07, 6.45) is 5.91. The highest BCUT2D eigenvalue weighted by Crippen LogP contribution is 2.47. The number of piperidine rings is 1. The standard InChI is InChI=1S/C24H29ClN2O2/c1-15-20(23(29)27-11-5-4-6-12-27)21(16-7-9-17(25)10-8-16)22-18(26-15)13-24(2,3)14-19(22)28/h7-10,13,21-22,26H,4-6,11-12,14H2,1-3H3. The van der Waals surface area contributed by atoms with Gasteiger partial charge in [0.25, 0.3) is 5.91 Å². The van der Waals surface area contributed by atoms with E-state index in [0.29, 0.717) is 11.4 Å². The molecule has 0 aromatic heterocycles. The Morgan fingerprint density at radius 2 is 1.76 bits per heavy atom. The van der Waals surface area contributed by atoms with Crippen LogP contribution in [0.25, 0.3) is 0 Å². The lowest BCUT2D eigenvalue weighted by atomic mass is 9.66. The summed E-state index contributed by atoms with van der Waals surface area (Å²) in [7, 11) is 0. The molecule has 1 aliphatic carbocycles. The van der Waals surface area contributed by atoms with Crippen LogP contribution in [0.15, 0.2) is 47.3 Å². The lowest BCUT2D eigenvalue weighted by Crippen LogP contribution is -2.46. The topological polar surface area (TPSA) is 49.4 Å². The van der Waals surface area contributed by atoms with Crippen molar-refractivity contribution in [3.8, 4) is 0 Å². The van der Waals surface area contributed by atoms with Crippen molar-refractivity contribution in [2.45, 2.75) is 52.4 Å². The van der Waals surface area contributed by atoms with Crippen molar-refractivity contribution in [3.63, 3.8) is 0 Å². The number of Topliss-reactive ketones (excluding diaryl/α,β-unsaturated/α-hetero) is 1. The molecule has 2 atom stereocenters. The van der Waals surface area contributed by atoms with Gasteiger partial charge in [0.15, 0.2) is 0 Å². The highest BCUT2D eigenvalue weighted by molar-refractivity contribution is 6.30. The number of carbonyl (C=O) groups is 2. The number of rotatable bonds is 2. The Bertz CT molecular complexity index is 892. The Morgan fingerprint density at radius 1 is 1.10 bits per heavy atom. The average Bonchev–Trinajstić information content (AvgIpc) is 2.67. The maximum Gasteiger partial charge on any atom is 0.252 e. The fraction of sp³-hybridized carbons (Fsp3) is 0.500. The Morgan fingerprint density at radius 3 is 2.41 bits per heavy atom. The molecule has 1 N–H and O–H groups in total.